The SMILES string of the molecule is CCC=CCC=CCC=CCC=CCC=CCC=CCC(CC)C(=O)NCCOC(=O)c1ccccc1O. The molecule has 0 heterocycles. The van der Waals surface area contributed by atoms with Gasteiger partial charge in [-0.15, -0.1) is 0 Å². The molecule has 0 aliphatic rings. The number of phenols is 1. The van der Waals surface area contributed by atoms with Crippen LogP contribution in [0.5, 0.6) is 5.75 Å². The average Bonchev–Trinajstić information content (AvgIpc) is 2.92. The highest BCUT2D eigenvalue weighted by Crippen LogP contribution is 2.16. The highest BCUT2D eigenvalue weighted by Gasteiger charge is 2.15. The molecule has 0 aliphatic heterocycles. The topological polar surface area (TPSA) is 75.6 Å². The van der Waals surface area contributed by atoms with Crippen molar-refractivity contribution >= 4 is 11.9 Å². The highest BCUT2D eigenvalue weighted by atomic mass is 16.5. The Kier molecular flexibility index (Phi) is 19.3. The smallest absolute Gasteiger partial charge is 0.341 e. The van der Waals surface area contributed by atoms with Gasteiger partial charge >= 0.3 is 5.97 Å². The summed E-state index contributed by atoms with van der Waals surface area (Å²) in [5.41, 5.74) is 0.114. The quantitative estimate of drug-likeness (QED) is 0.111. The van der Waals surface area contributed by atoms with E-state index in [1.165, 1.54) is 12.1 Å². The molecule has 5 nitrogen and oxygen atoms in total. The van der Waals surface area contributed by atoms with Crippen molar-refractivity contribution < 1.29 is 19.4 Å². The van der Waals surface area contributed by atoms with E-state index in [0.29, 0.717) is 6.42 Å². The first kappa shape index (κ1) is 32.4. The van der Waals surface area contributed by atoms with Crippen LogP contribution in [0.3, 0.4) is 0 Å². The number of benzene rings is 1. The molecule has 0 aliphatic carbocycles. The predicted molar refractivity (Wildman–Crippen MR) is 158 cm³/mol. The summed E-state index contributed by atoms with van der Waals surface area (Å²) >= 11 is 0. The molecular formula is C33H45NO4. The lowest BCUT2D eigenvalue weighted by Crippen LogP contribution is -2.33. The second kappa shape index (κ2) is 22.6. The lowest BCUT2D eigenvalue weighted by atomic mass is 10.0. The van der Waals surface area contributed by atoms with Gasteiger partial charge in [-0.25, -0.2) is 4.79 Å². The number of hydrogen-bond acceptors (Lipinski definition) is 4. The number of para-hydroxylation sites is 1. The van der Waals surface area contributed by atoms with Gasteiger partial charge in [0.05, 0.1) is 6.54 Å². The van der Waals surface area contributed by atoms with Crippen LogP contribution in [-0.4, -0.2) is 30.1 Å². The summed E-state index contributed by atoms with van der Waals surface area (Å²) in [5, 5.41) is 12.5. The number of carbonyl (C=O) groups is 2. The summed E-state index contributed by atoms with van der Waals surface area (Å²) in [7, 11) is 0. The van der Waals surface area contributed by atoms with Gasteiger partial charge in [-0.05, 0) is 63.5 Å². The summed E-state index contributed by atoms with van der Waals surface area (Å²) < 4.78 is 5.13. The maximum absolute atomic E-state index is 12.4. The molecular weight excluding hydrogens is 474 g/mol. The van der Waals surface area contributed by atoms with Gasteiger partial charge in [-0.3, -0.25) is 4.79 Å². The van der Waals surface area contributed by atoms with Gasteiger partial charge in [0.25, 0.3) is 0 Å². The maximum atomic E-state index is 12.4. The second-order valence-electron chi connectivity index (χ2n) is 8.70. The molecule has 1 atom stereocenters. The van der Waals surface area contributed by atoms with Crippen molar-refractivity contribution in [2.24, 2.45) is 5.92 Å². The molecule has 0 spiro atoms. The van der Waals surface area contributed by atoms with Crippen molar-refractivity contribution in [1.82, 2.24) is 5.32 Å². The number of nitrogens with one attached hydrogen (secondary N) is 1. The Morgan fingerprint density at radius 1 is 0.789 bits per heavy atom. The Hall–Kier alpha value is -3.60. The van der Waals surface area contributed by atoms with Crippen LogP contribution in [0.15, 0.2) is 97.2 Å². The Bertz CT molecular complexity index is 969. The van der Waals surface area contributed by atoms with Crippen molar-refractivity contribution in [1.29, 1.82) is 0 Å². The minimum absolute atomic E-state index is 0.0503. The summed E-state index contributed by atoms with van der Waals surface area (Å²) in [4.78, 5) is 24.4. The third-order valence-corrected chi connectivity index (χ3v) is 5.64. The molecule has 38 heavy (non-hydrogen) atoms. The van der Waals surface area contributed by atoms with E-state index in [0.717, 1.165) is 44.9 Å². The van der Waals surface area contributed by atoms with Gasteiger partial charge in [0, 0.05) is 5.92 Å². The summed E-state index contributed by atoms with van der Waals surface area (Å²) in [6.07, 6.45) is 33.2. The van der Waals surface area contributed by atoms with Gasteiger partial charge in [-0.1, -0.05) is 98.9 Å². The number of rotatable bonds is 19. The molecule has 206 valence electrons. The van der Waals surface area contributed by atoms with Crippen LogP contribution >= 0.6 is 0 Å². The summed E-state index contributed by atoms with van der Waals surface area (Å²) in [6, 6.07) is 6.21. The second-order valence-corrected chi connectivity index (χ2v) is 8.70. The number of allylic oxidation sites excluding steroid dienone is 12. The molecule has 5 heteroatoms. The fraction of sp³-hybridized carbons (Fsp3) is 0.394. The Labute approximate surface area is 229 Å². The van der Waals surface area contributed by atoms with E-state index < -0.39 is 5.97 Å². The number of hydrogen-bond donors (Lipinski definition) is 2. The van der Waals surface area contributed by atoms with Crippen LogP contribution in [0.4, 0.5) is 0 Å². The molecule has 0 fully saturated rings. The number of ether oxygens (including phenoxy) is 1. The molecule has 1 amide bonds. The van der Waals surface area contributed by atoms with E-state index in [1.54, 1.807) is 12.1 Å². The number of carbonyl (C=O) groups excluding carboxylic acids is 2. The van der Waals surface area contributed by atoms with E-state index in [-0.39, 0.29) is 36.3 Å². The normalized spacial score (nSPS) is 13.1. The van der Waals surface area contributed by atoms with Crippen molar-refractivity contribution in [3.63, 3.8) is 0 Å². The van der Waals surface area contributed by atoms with Crippen molar-refractivity contribution in [3.8, 4) is 5.75 Å². The van der Waals surface area contributed by atoms with E-state index in [9.17, 15) is 14.7 Å². The Morgan fingerprint density at radius 2 is 1.29 bits per heavy atom. The first-order valence-electron chi connectivity index (χ1n) is 13.7. The molecule has 0 bridgehead atoms. The van der Waals surface area contributed by atoms with Crippen LogP contribution < -0.4 is 5.32 Å². The fourth-order valence-electron chi connectivity index (χ4n) is 3.43. The van der Waals surface area contributed by atoms with Gasteiger partial charge in [0.1, 0.15) is 17.9 Å². The van der Waals surface area contributed by atoms with Gasteiger partial charge in [-0.2, -0.15) is 0 Å². The number of aromatic hydroxyl groups is 1. The minimum Gasteiger partial charge on any atom is -0.507 e. The third-order valence-electron chi connectivity index (χ3n) is 5.64. The monoisotopic (exact) mass is 519 g/mol. The average molecular weight is 520 g/mol. The maximum Gasteiger partial charge on any atom is 0.341 e. The van der Waals surface area contributed by atoms with Crippen molar-refractivity contribution in [2.75, 3.05) is 13.2 Å². The first-order chi connectivity index (χ1) is 18.6. The van der Waals surface area contributed by atoms with Crippen molar-refractivity contribution in [3.05, 3.63) is 103 Å². The van der Waals surface area contributed by atoms with Crippen LogP contribution in [0.25, 0.3) is 0 Å². The molecule has 1 unspecified atom stereocenters. The molecule has 0 saturated heterocycles. The lowest BCUT2D eigenvalue weighted by Gasteiger charge is -2.13. The number of amides is 1. The Morgan fingerprint density at radius 3 is 1.79 bits per heavy atom. The van der Waals surface area contributed by atoms with Crippen LogP contribution in [0, 0.1) is 5.92 Å². The Balaban J connectivity index is 2.13. The van der Waals surface area contributed by atoms with E-state index in [1.807, 2.05) is 13.0 Å². The number of phenolic OH excluding ortho intramolecular Hbond substituents is 1. The molecule has 0 aromatic heterocycles. The molecule has 1 aromatic rings. The molecule has 0 radical (unpaired) electrons. The fourth-order valence-corrected chi connectivity index (χ4v) is 3.43. The molecule has 2 N–H and O–H groups in total. The predicted octanol–water partition coefficient (Wildman–Crippen LogP) is 7.78. The van der Waals surface area contributed by atoms with Crippen LogP contribution in [-0.2, 0) is 9.53 Å². The van der Waals surface area contributed by atoms with Crippen LogP contribution in [0.2, 0.25) is 0 Å². The zero-order valence-electron chi connectivity index (χ0n) is 23.1. The van der Waals surface area contributed by atoms with Gasteiger partial charge in [0.15, 0.2) is 0 Å². The summed E-state index contributed by atoms with van der Waals surface area (Å²) in [6.45, 7) is 4.42. The van der Waals surface area contributed by atoms with Gasteiger partial charge < -0.3 is 15.2 Å². The van der Waals surface area contributed by atoms with E-state index in [2.05, 4.69) is 79.1 Å². The van der Waals surface area contributed by atoms with Crippen LogP contribution in [0.1, 0.15) is 75.6 Å². The highest BCUT2D eigenvalue weighted by molar-refractivity contribution is 5.92. The van der Waals surface area contributed by atoms with E-state index in [4.69, 9.17) is 4.74 Å². The lowest BCUT2D eigenvalue weighted by molar-refractivity contribution is -0.125. The number of esters is 1. The molecule has 1 rings (SSSR count). The third kappa shape index (κ3) is 16.2. The van der Waals surface area contributed by atoms with Crippen molar-refractivity contribution in [2.45, 2.75) is 65.2 Å². The van der Waals surface area contributed by atoms with Gasteiger partial charge in [0.2, 0.25) is 5.91 Å². The molecule has 1 aromatic carbocycles. The largest absolute Gasteiger partial charge is 0.507 e. The first-order valence-corrected chi connectivity index (χ1v) is 13.7. The summed E-state index contributed by atoms with van der Waals surface area (Å²) in [5.74, 6) is -0.898. The standard InChI is InChI=1S/C33H45NO4/c1-3-5-6-7-8-9-10-11-12-13-14-15-16-17-18-19-20-21-24-29(4-2)32(36)34-27-28-38-33(37)30-25-22-23-26-31(30)35/h5-6,8-9,11-12,14-15,17-18,20-23,25-26,29,35H,3-4,7,10,13,16,19,24,27-28H2,1-2H3,(H,34,36). The van der Waals surface area contributed by atoms with E-state index >= 15 is 0 Å². The molecule has 0 saturated carbocycles. The zero-order valence-corrected chi connectivity index (χ0v) is 23.1. The zero-order chi connectivity index (χ0) is 27.7. The minimum atomic E-state index is -0.609.